The molecule has 3 aromatic rings. The normalized spacial score (nSPS) is 22.9. The van der Waals surface area contributed by atoms with E-state index in [1.807, 2.05) is 60.9 Å². The van der Waals surface area contributed by atoms with Crippen molar-refractivity contribution in [3.63, 3.8) is 0 Å². The van der Waals surface area contributed by atoms with Crippen molar-refractivity contribution in [1.82, 2.24) is 9.47 Å². The van der Waals surface area contributed by atoms with Crippen LogP contribution in [-0.2, 0) is 0 Å². The van der Waals surface area contributed by atoms with Crippen molar-refractivity contribution in [1.29, 1.82) is 0 Å². The van der Waals surface area contributed by atoms with Gasteiger partial charge in [0.15, 0.2) is 5.60 Å². The third-order valence-electron chi connectivity index (χ3n) is 5.70. The minimum atomic E-state index is -0.556. The molecule has 0 saturated carbocycles. The Morgan fingerprint density at radius 2 is 1.90 bits per heavy atom. The highest BCUT2D eigenvalue weighted by molar-refractivity contribution is 6.30. The van der Waals surface area contributed by atoms with E-state index in [0.717, 1.165) is 24.2 Å². The summed E-state index contributed by atoms with van der Waals surface area (Å²) < 4.78 is 14.3. The highest BCUT2D eigenvalue weighted by atomic mass is 35.5. The predicted molar refractivity (Wildman–Crippen MR) is 111 cm³/mol. The lowest BCUT2D eigenvalue weighted by Crippen LogP contribution is -2.56. The van der Waals surface area contributed by atoms with Gasteiger partial charge in [-0.2, -0.15) is 0 Å². The second kappa shape index (κ2) is 7.16. The molecule has 2 aromatic carbocycles. The monoisotopic (exact) mass is 408 g/mol. The molecule has 5 nitrogen and oxygen atoms in total. The molecule has 5 rings (SSSR count). The van der Waals surface area contributed by atoms with Gasteiger partial charge in [-0.05, 0) is 55.3 Å². The molecular weight excluding hydrogens is 388 g/mol. The van der Waals surface area contributed by atoms with E-state index in [1.165, 1.54) is 0 Å². The number of aromatic nitrogens is 1. The summed E-state index contributed by atoms with van der Waals surface area (Å²) >= 11 is 6.30. The standard InChI is InChI=1S/C23H21ClN2O3/c24-17-9-10-20-19(15-17)21(25-12-4-5-13-25)23(29-20)11-6-14-26(16-23)22(27)28-18-7-2-1-3-8-18/h1-5,7-10,12-13,15,21H,6,11,14,16H2. The van der Waals surface area contributed by atoms with Gasteiger partial charge in [-0.15, -0.1) is 0 Å². The molecule has 1 spiro atoms. The Morgan fingerprint density at radius 3 is 2.69 bits per heavy atom. The van der Waals surface area contributed by atoms with Gasteiger partial charge in [-0.1, -0.05) is 29.8 Å². The molecule has 0 bridgehead atoms. The Kier molecular flexibility index (Phi) is 4.47. The molecule has 2 aliphatic rings. The number of rotatable bonds is 2. The number of hydrogen-bond donors (Lipinski definition) is 0. The summed E-state index contributed by atoms with van der Waals surface area (Å²) in [7, 11) is 0. The van der Waals surface area contributed by atoms with Crippen molar-refractivity contribution in [2.75, 3.05) is 13.1 Å². The maximum absolute atomic E-state index is 12.8. The fraction of sp³-hybridized carbons (Fsp3) is 0.261. The van der Waals surface area contributed by atoms with Crippen LogP contribution < -0.4 is 9.47 Å². The molecule has 1 saturated heterocycles. The number of carbonyl (C=O) groups excluding carboxylic acids is 1. The van der Waals surface area contributed by atoms with Crippen LogP contribution in [0.15, 0.2) is 73.1 Å². The number of carbonyl (C=O) groups is 1. The van der Waals surface area contributed by atoms with Gasteiger partial charge in [-0.3, -0.25) is 0 Å². The highest BCUT2D eigenvalue weighted by Gasteiger charge is 2.52. The van der Waals surface area contributed by atoms with Crippen molar-refractivity contribution < 1.29 is 14.3 Å². The Hall–Kier alpha value is -2.92. The molecule has 1 fully saturated rings. The lowest BCUT2D eigenvalue weighted by molar-refractivity contribution is -0.0103. The quantitative estimate of drug-likeness (QED) is 0.588. The van der Waals surface area contributed by atoms with Crippen LogP contribution in [0, 0.1) is 0 Å². The molecule has 2 unspecified atom stereocenters. The van der Waals surface area contributed by atoms with Crippen LogP contribution in [0.2, 0.25) is 5.02 Å². The summed E-state index contributed by atoms with van der Waals surface area (Å²) in [5.74, 6) is 1.37. The SMILES string of the molecule is O=C(Oc1ccccc1)N1CCCC2(C1)Oc1ccc(Cl)cc1C2n1cccc1. The molecule has 1 amide bonds. The summed E-state index contributed by atoms with van der Waals surface area (Å²) in [4.78, 5) is 14.6. The maximum atomic E-state index is 12.8. The average Bonchev–Trinajstić information content (AvgIpc) is 3.34. The van der Waals surface area contributed by atoms with Gasteiger partial charge in [0.05, 0.1) is 6.54 Å². The summed E-state index contributed by atoms with van der Waals surface area (Å²) in [5.41, 5.74) is 0.493. The predicted octanol–water partition coefficient (Wildman–Crippen LogP) is 5.16. The van der Waals surface area contributed by atoms with E-state index in [4.69, 9.17) is 21.1 Å². The zero-order chi connectivity index (χ0) is 19.8. The minimum absolute atomic E-state index is 0.0569. The summed E-state index contributed by atoms with van der Waals surface area (Å²) in [6.45, 7) is 1.10. The van der Waals surface area contributed by atoms with E-state index < -0.39 is 5.60 Å². The maximum Gasteiger partial charge on any atom is 0.415 e. The van der Waals surface area contributed by atoms with Gasteiger partial charge < -0.3 is 18.9 Å². The van der Waals surface area contributed by atoms with Crippen molar-refractivity contribution in [3.8, 4) is 11.5 Å². The number of amides is 1. The largest absolute Gasteiger partial charge is 0.483 e. The van der Waals surface area contributed by atoms with Crippen molar-refractivity contribution in [2.24, 2.45) is 0 Å². The van der Waals surface area contributed by atoms with E-state index in [2.05, 4.69) is 4.57 Å². The average molecular weight is 409 g/mol. The smallest absolute Gasteiger partial charge is 0.415 e. The summed E-state index contributed by atoms with van der Waals surface area (Å²) in [6, 6.07) is 18.8. The van der Waals surface area contributed by atoms with Gasteiger partial charge in [-0.25, -0.2) is 4.79 Å². The molecule has 148 valence electrons. The number of hydrogen-bond acceptors (Lipinski definition) is 3. The van der Waals surface area contributed by atoms with E-state index in [-0.39, 0.29) is 12.1 Å². The van der Waals surface area contributed by atoms with Crippen LogP contribution >= 0.6 is 11.6 Å². The van der Waals surface area contributed by atoms with Crippen molar-refractivity contribution in [2.45, 2.75) is 24.5 Å². The van der Waals surface area contributed by atoms with Crippen LogP contribution in [-0.4, -0.2) is 34.3 Å². The Bertz CT molecular complexity index is 1020. The zero-order valence-corrected chi connectivity index (χ0v) is 16.6. The molecule has 3 heterocycles. The van der Waals surface area contributed by atoms with Gasteiger partial charge in [0.25, 0.3) is 0 Å². The number of nitrogens with zero attached hydrogens (tertiary/aromatic N) is 2. The number of likely N-dealkylation sites (tertiary alicyclic amines) is 1. The molecular formula is C23H21ClN2O3. The first-order valence-corrected chi connectivity index (χ1v) is 10.2. The van der Waals surface area contributed by atoms with E-state index in [9.17, 15) is 4.79 Å². The second-order valence-corrected chi connectivity index (χ2v) is 8.02. The van der Waals surface area contributed by atoms with Gasteiger partial charge in [0.1, 0.15) is 17.5 Å². The van der Waals surface area contributed by atoms with Crippen LogP contribution in [0.1, 0.15) is 24.4 Å². The lowest BCUT2D eigenvalue weighted by Gasteiger charge is -2.42. The first kappa shape index (κ1) is 18.1. The van der Waals surface area contributed by atoms with Crippen molar-refractivity contribution >= 4 is 17.7 Å². The number of piperidine rings is 1. The Labute approximate surface area is 174 Å². The number of benzene rings is 2. The molecule has 29 heavy (non-hydrogen) atoms. The number of ether oxygens (including phenoxy) is 2. The number of halogens is 1. The molecule has 1 aromatic heterocycles. The highest BCUT2D eigenvalue weighted by Crippen LogP contribution is 2.50. The lowest BCUT2D eigenvalue weighted by atomic mass is 9.83. The zero-order valence-electron chi connectivity index (χ0n) is 15.8. The van der Waals surface area contributed by atoms with Gasteiger partial charge >= 0.3 is 6.09 Å². The van der Waals surface area contributed by atoms with Crippen LogP contribution in [0.25, 0.3) is 0 Å². The third kappa shape index (κ3) is 3.25. The molecule has 2 atom stereocenters. The van der Waals surface area contributed by atoms with Crippen LogP contribution in [0.4, 0.5) is 4.79 Å². The first-order chi connectivity index (χ1) is 14.1. The number of para-hydroxylation sites is 1. The third-order valence-corrected chi connectivity index (χ3v) is 5.93. The van der Waals surface area contributed by atoms with E-state index >= 15 is 0 Å². The van der Waals surface area contributed by atoms with E-state index in [0.29, 0.717) is 23.9 Å². The summed E-state index contributed by atoms with van der Waals surface area (Å²) in [6.07, 6.45) is 5.40. The topological polar surface area (TPSA) is 43.7 Å². The fourth-order valence-corrected chi connectivity index (χ4v) is 4.68. The minimum Gasteiger partial charge on any atom is -0.483 e. The Balaban J connectivity index is 1.46. The fourth-order valence-electron chi connectivity index (χ4n) is 4.50. The molecule has 0 N–H and O–H groups in total. The molecule has 0 aliphatic carbocycles. The van der Waals surface area contributed by atoms with Crippen LogP contribution in [0.5, 0.6) is 11.5 Å². The van der Waals surface area contributed by atoms with Crippen molar-refractivity contribution in [3.05, 3.63) is 83.6 Å². The van der Waals surface area contributed by atoms with E-state index in [1.54, 1.807) is 17.0 Å². The second-order valence-electron chi connectivity index (χ2n) is 7.59. The number of fused-ring (bicyclic) bond motifs is 1. The summed E-state index contributed by atoms with van der Waals surface area (Å²) in [5, 5.41) is 0.678. The molecule has 2 aliphatic heterocycles. The van der Waals surface area contributed by atoms with Gasteiger partial charge in [0.2, 0.25) is 0 Å². The molecule has 0 radical (unpaired) electrons. The Morgan fingerprint density at radius 1 is 1.10 bits per heavy atom. The molecule has 6 heteroatoms. The van der Waals surface area contributed by atoms with Gasteiger partial charge in [0, 0.05) is 29.5 Å². The first-order valence-electron chi connectivity index (χ1n) is 9.77. The van der Waals surface area contributed by atoms with Crippen LogP contribution in [0.3, 0.4) is 0 Å².